The fourth-order valence-corrected chi connectivity index (χ4v) is 2.79. The van der Waals surface area contributed by atoms with E-state index in [4.69, 9.17) is 4.74 Å². The molecule has 0 aliphatic carbocycles. The van der Waals surface area contributed by atoms with Crippen LogP contribution in [0.25, 0.3) is 0 Å². The number of ether oxygens (including phenoxy) is 1. The molecule has 2 aromatic heterocycles. The molecule has 1 N–H and O–H groups in total. The smallest absolute Gasteiger partial charge is 0.416 e. The lowest BCUT2D eigenvalue weighted by Crippen LogP contribution is -2.34. The van der Waals surface area contributed by atoms with Crippen LogP contribution >= 0.6 is 0 Å². The molecule has 0 amide bonds. The fourth-order valence-electron chi connectivity index (χ4n) is 2.79. The number of aromatic nitrogens is 3. The number of alkyl halides is 3. The molecule has 0 bridgehead atoms. The second kappa shape index (κ2) is 7.55. The fraction of sp³-hybridized carbons (Fsp3) is 0.250. The van der Waals surface area contributed by atoms with Crippen molar-refractivity contribution < 1.29 is 23.0 Å². The summed E-state index contributed by atoms with van der Waals surface area (Å²) in [4.78, 5) is 12.2. The first-order valence-corrected chi connectivity index (χ1v) is 8.50. The Morgan fingerprint density at radius 2 is 1.46 bits per heavy atom. The number of halogens is 3. The van der Waals surface area contributed by atoms with Crippen LogP contribution in [0, 0.1) is 5.92 Å². The molecule has 0 saturated heterocycles. The summed E-state index contributed by atoms with van der Waals surface area (Å²) in [6.07, 6.45) is 1.44. The highest BCUT2D eigenvalue weighted by atomic mass is 19.4. The van der Waals surface area contributed by atoms with Crippen molar-refractivity contribution in [3.8, 4) is 11.5 Å². The van der Waals surface area contributed by atoms with Crippen molar-refractivity contribution in [2.45, 2.75) is 25.6 Å². The monoisotopic (exact) mass is 389 g/mol. The van der Waals surface area contributed by atoms with Gasteiger partial charge in [0, 0.05) is 18.0 Å². The van der Waals surface area contributed by atoms with Crippen LogP contribution in [-0.2, 0) is 11.8 Å². The van der Waals surface area contributed by atoms with Gasteiger partial charge in [-0.25, -0.2) is 9.97 Å². The molecular weight excluding hydrogens is 371 g/mol. The summed E-state index contributed by atoms with van der Waals surface area (Å²) in [7, 11) is 0. The third-order valence-corrected chi connectivity index (χ3v) is 4.38. The first-order chi connectivity index (χ1) is 13.2. The third kappa shape index (κ3) is 3.96. The first-order valence-electron chi connectivity index (χ1n) is 8.50. The highest BCUT2D eigenvalue weighted by Gasteiger charge is 2.37. The minimum Gasteiger partial charge on any atom is -0.456 e. The van der Waals surface area contributed by atoms with Gasteiger partial charge in [0.15, 0.2) is 0 Å². The van der Waals surface area contributed by atoms with E-state index in [0.717, 1.165) is 12.1 Å². The molecule has 0 aliphatic heterocycles. The van der Waals surface area contributed by atoms with E-state index in [0.29, 0.717) is 17.0 Å². The second-order valence-electron chi connectivity index (χ2n) is 6.55. The molecule has 146 valence electrons. The summed E-state index contributed by atoms with van der Waals surface area (Å²) in [6, 6.07) is 7.57. The van der Waals surface area contributed by atoms with Gasteiger partial charge >= 0.3 is 6.18 Å². The van der Waals surface area contributed by atoms with Crippen LogP contribution in [0.2, 0.25) is 0 Å². The Labute approximate surface area is 159 Å². The van der Waals surface area contributed by atoms with E-state index in [1.807, 2.05) is 13.8 Å². The van der Waals surface area contributed by atoms with E-state index in [-0.39, 0.29) is 11.7 Å². The summed E-state index contributed by atoms with van der Waals surface area (Å²) in [5, 5.41) is 11.2. The topological polar surface area (TPSA) is 68.1 Å². The van der Waals surface area contributed by atoms with Gasteiger partial charge < -0.3 is 9.84 Å². The van der Waals surface area contributed by atoms with Crippen LogP contribution in [0.15, 0.2) is 61.3 Å². The van der Waals surface area contributed by atoms with Crippen molar-refractivity contribution in [3.05, 3.63) is 78.1 Å². The van der Waals surface area contributed by atoms with Gasteiger partial charge in [-0.3, -0.25) is 4.98 Å². The summed E-state index contributed by atoms with van der Waals surface area (Å²) in [6.45, 7) is 3.70. The minimum atomic E-state index is -4.40. The number of nitrogens with zero attached hydrogens (tertiary/aromatic N) is 3. The van der Waals surface area contributed by atoms with Gasteiger partial charge in [0.2, 0.25) is 0 Å². The van der Waals surface area contributed by atoms with Gasteiger partial charge in [-0.2, -0.15) is 13.2 Å². The maximum atomic E-state index is 12.6. The molecule has 1 aromatic carbocycles. The predicted molar refractivity (Wildman–Crippen MR) is 95.6 cm³/mol. The molecule has 0 spiro atoms. The number of hydrogen-bond acceptors (Lipinski definition) is 5. The Morgan fingerprint density at radius 3 is 1.96 bits per heavy atom. The van der Waals surface area contributed by atoms with Gasteiger partial charge in [-0.05, 0) is 42.3 Å². The van der Waals surface area contributed by atoms with Crippen molar-refractivity contribution in [1.82, 2.24) is 15.0 Å². The van der Waals surface area contributed by atoms with E-state index >= 15 is 0 Å². The van der Waals surface area contributed by atoms with Gasteiger partial charge in [0.25, 0.3) is 0 Å². The van der Waals surface area contributed by atoms with Crippen molar-refractivity contribution in [1.29, 1.82) is 0 Å². The molecule has 3 rings (SSSR count). The van der Waals surface area contributed by atoms with Crippen molar-refractivity contribution in [2.24, 2.45) is 5.92 Å². The predicted octanol–water partition coefficient (Wildman–Crippen LogP) is 4.57. The van der Waals surface area contributed by atoms with Crippen LogP contribution in [-0.4, -0.2) is 20.1 Å². The summed E-state index contributed by atoms with van der Waals surface area (Å²) < 4.78 is 43.4. The molecule has 2 heterocycles. The van der Waals surface area contributed by atoms with Crippen LogP contribution in [0.1, 0.15) is 30.7 Å². The molecule has 8 heteroatoms. The zero-order valence-corrected chi connectivity index (χ0v) is 15.2. The van der Waals surface area contributed by atoms with E-state index in [1.165, 1.54) is 37.1 Å². The zero-order chi connectivity index (χ0) is 20.4. The van der Waals surface area contributed by atoms with Gasteiger partial charge in [0.1, 0.15) is 23.4 Å². The molecule has 0 saturated carbocycles. The summed E-state index contributed by atoms with van der Waals surface area (Å²) >= 11 is 0. The number of hydrogen-bond donors (Lipinski definition) is 1. The van der Waals surface area contributed by atoms with Crippen molar-refractivity contribution in [3.63, 3.8) is 0 Å². The van der Waals surface area contributed by atoms with Crippen LogP contribution in [0.4, 0.5) is 13.2 Å². The van der Waals surface area contributed by atoms with Crippen molar-refractivity contribution >= 4 is 0 Å². The van der Waals surface area contributed by atoms with E-state index in [1.54, 1.807) is 12.1 Å². The van der Waals surface area contributed by atoms with Gasteiger partial charge in [-0.1, -0.05) is 13.8 Å². The van der Waals surface area contributed by atoms with Crippen molar-refractivity contribution in [2.75, 3.05) is 0 Å². The number of rotatable bonds is 5. The second-order valence-corrected chi connectivity index (χ2v) is 6.55. The lowest BCUT2D eigenvalue weighted by Gasteiger charge is -2.31. The average molecular weight is 389 g/mol. The Bertz CT molecular complexity index is 914. The molecule has 1 unspecified atom stereocenters. The SMILES string of the molecule is CC(C)C(O)(c1cncnc1)c1ccc(Oc2ccc(C(F)(F)F)cc2)cn1. The number of benzene rings is 1. The van der Waals surface area contributed by atoms with E-state index in [9.17, 15) is 18.3 Å². The molecule has 3 aromatic rings. The Kier molecular flexibility index (Phi) is 5.33. The molecule has 0 aliphatic rings. The number of pyridine rings is 1. The van der Waals surface area contributed by atoms with Crippen LogP contribution in [0.5, 0.6) is 11.5 Å². The maximum Gasteiger partial charge on any atom is 0.416 e. The number of aliphatic hydroxyl groups is 1. The Morgan fingerprint density at radius 1 is 0.857 bits per heavy atom. The third-order valence-electron chi connectivity index (χ3n) is 4.38. The zero-order valence-electron chi connectivity index (χ0n) is 15.2. The van der Waals surface area contributed by atoms with Crippen LogP contribution < -0.4 is 4.74 Å². The van der Waals surface area contributed by atoms with Gasteiger partial charge in [0.05, 0.1) is 17.5 Å². The molecule has 0 radical (unpaired) electrons. The molecule has 28 heavy (non-hydrogen) atoms. The summed E-state index contributed by atoms with van der Waals surface area (Å²) in [5.41, 5.74) is -1.25. The lowest BCUT2D eigenvalue weighted by atomic mass is 9.81. The quantitative estimate of drug-likeness (QED) is 0.692. The lowest BCUT2D eigenvalue weighted by molar-refractivity contribution is -0.137. The largest absolute Gasteiger partial charge is 0.456 e. The van der Waals surface area contributed by atoms with E-state index < -0.39 is 17.3 Å². The maximum absolute atomic E-state index is 12.6. The normalized spacial score (nSPS) is 14.0. The molecular formula is C20H18F3N3O2. The standard InChI is InChI=1S/C20H18F3N3O2/c1-13(2)19(27,15-9-24-12-25-10-15)18-8-7-17(11-26-18)28-16-5-3-14(4-6-16)20(21,22)23/h3-13,27H,1-2H3. The van der Waals surface area contributed by atoms with Crippen LogP contribution in [0.3, 0.4) is 0 Å². The molecule has 0 fully saturated rings. The average Bonchev–Trinajstić information content (AvgIpc) is 2.68. The Balaban J connectivity index is 1.83. The molecule has 1 atom stereocenters. The van der Waals surface area contributed by atoms with Gasteiger partial charge in [-0.15, -0.1) is 0 Å². The highest BCUT2D eigenvalue weighted by Crippen LogP contribution is 2.36. The molecule has 5 nitrogen and oxygen atoms in total. The minimum absolute atomic E-state index is 0.215. The first kappa shape index (κ1) is 19.8. The Hall–Kier alpha value is -3.00. The van der Waals surface area contributed by atoms with E-state index in [2.05, 4.69) is 15.0 Å². The summed E-state index contributed by atoms with van der Waals surface area (Å²) in [5.74, 6) is 0.365. The highest BCUT2D eigenvalue weighted by molar-refractivity contribution is 5.36.